The molecule has 2 aromatic rings. The van der Waals surface area contributed by atoms with Crippen LogP contribution in [0.3, 0.4) is 0 Å². The number of benzene rings is 2. The molecule has 1 amide bonds. The number of hydrogen-bond acceptors (Lipinski definition) is 4. The number of esters is 1. The Morgan fingerprint density at radius 2 is 1.56 bits per heavy atom. The van der Waals surface area contributed by atoms with Gasteiger partial charge in [-0.1, -0.05) is 6.07 Å². The van der Waals surface area contributed by atoms with Crippen LogP contribution < -0.4 is 5.32 Å². The molecule has 27 heavy (non-hydrogen) atoms. The number of ether oxygens (including phenoxy) is 1. The summed E-state index contributed by atoms with van der Waals surface area (Å²) < 4.78 is 5.32. The van der Waals surface area contributed by atoms with Gasteiger partial charge in [-0.2, -0.15) is 0 Å². The van der Waals surface area contributed by atoms with Crippen molar-refractivity contribution in [3.05, 3.63) is 64.7 Å². The number of fused-ring (bicyclic) bond motifs is 1. The van der Waals surface area contributed by atoms with Gasteiger partial charge in [0.25, 0.3) is 5.91 Å². The van der Waals surface area contributed by atoms with Crippen molar-refractivity contribution in [2.24, 2.45) is 0 Å². The second kappa shape index (κ2) is 8.16. The average Bonchev–Trinajstić information content (AvgIpc) is 2.67. The van der Waals surface area contributed by atoms with Crippen LogP contribution in [0.1, 0.15) is 58.5 Å². The molecule has 1 aliphatic rings. The van der Waals surface area contributed by atoms with E-state index in [1.54, 1.807) is 30.3 Å². The van der Waals surface area contributed by atoms with Gasteiger partial charge >= 0.3 is 5.97 Å². The third-order valence-corrected chi connectivity index (χ3v) is 4.80. The Morgan fingerprint density at radius 1 is 0.926 bits per heavy atom. The first-order chi connectivity index (χ1) is 12.9. The Hall–Kier alpha value is -2.95. The van der Waals surface area contributed by atoms with Crippen molar-refractivity contribution in [1.29, 1.82) is 0 Å². The lowest BCUT2D eigenvalue weighted by Gasteiger charge is -2.17. The number of Topliss-reactive ketones (excluding diaryl/α,β-unsaturated/α-hetero) is 1. The summed E-state index contributed by atoms with van der Waals surface area (Å²) in [5.74, 6) is -0.963. The number of amides is 1. The molecule has 1 N–H and O–H groups in total. The molecule has 0 saturated heterocycles. The van der Waals surface area contributed by atoms with Gasteiger partial charge in [0.2, 0.25) is 0 Å². The van der Waals surface area contributed by atoms with E-state index in [0.717, 1.165) is 19.3 Å². The second-order valence-corrected chi connectivity index (χ2v) is 6.86. The van der Waals surface area contributed by atoms with E-state index in [-0.39, 0.29) is 5.78 Å². The predicted molar refractivity (Wildman–Crippen MR) is 103 cm³/mol. The molecule has 0 bridgehead atoms. The van der Waals surface area contributed by atoms with Crippen molar-refractivity contribution < 1.29 is 19.1 Å². The number of rotatable bonds is 5. The first-order valence-corrected chi connectivity index (χ1v) is 9.18. The number of hydrogen-bond donors (Lipinski definition) is 1. The van der Waals surface area contributed by atoms with E-state index in [9.17, 15) is 14.4 Å². The largest absolute Gasteiger partial charge is 0.449 e. The molecule has 0 fully saturated rings. The maximum atomic E-state index is 12.4. The van der Waals surface area contributed by atoms with Crippen LogP contribution in [0.2, 0.25) is 0 Å². The molecule has 0 aliphatic heterocycles. The molecule has 3 rings (SSSR count). The second-order valence-electron chi connectivity index (χ2n) is 6.86. The molecule has 140 valence electrons. The molecule has 1 atom stereocenters. The summed E-state index contributed by atoms with van der Waals surface area (Å²) in [4.78, 5) is 35.9. The highest BCUT2D eigenvalue weighted by Gasteiger charge is 2.20. The van der Waals surface area contributed by atoms with Gasteiger partial charge in [0.15, 0.2) is 11.9 Å². The van der Waals surface area contributed by atoms with Crippen LogP contribution in [-0.2, 0) is 22.4 Å². The van der Waals surface area contributed by atoms with Gasteiger partial charge in [-0.05, 0) is 87.1 Å². The van der Waals surface area contributed by atoms with Crippen LogP contribution in [0.25, 0.3) is 0 Å². The Morgan fingerprint density at radius 3 is 2.22 bits per heavy atom. The van der Waals surface area contributed by atoms with Crippen molar-refractivity contribution in [3.8, 4) is 0 Å². The van der Waals surface area contributed by atoms with Crippen LogP contribution in [0, 0.1) is 0 Å². The molecule has 5 heteroatoms. The summed E-state index contributed by atoms with van der Waals surface area (Å²) >= 11 is 0. The molecule has 0 spiro atoms. The number of anilines is 1. The number of nitrogens with one attached hydrogen (secondary N) is 1. The SMILES string of the molecule is CC(=O)c1ccc(NC(=O)[C@H](C)OC(=O)c2ccc3c(c2)CCCC3)cc1. The van der Waals surface area contributed by atoms with Gasteiger partial charge in [-0.3, -0.25) is 9.59 Å². The van der Waals surface area contributed by atoms with Crippen molar-refractivity contribution in [2.75, 3.05) is 5.32 Å². The topological polar surface area (TPSA) is 72.5 Å². The van der Waals surface area contributed by atoms with Crippen LogP contribution in [0.15, 0.2) is 42.5 Å². The Labute approximate surface area is 158 Å². The maximum absolute atomic E-state index is 12.4. The summed E-state index contributed by atoms with van der Waals surface area (Å²) in [6, 6.07) is 12.2. The van der Waals surface area contributed by atoms with Crippen molar-refractivity contribution >= 4 is 23.3 Å². The Balaban J connectivity index is 1.60. The smallest absolute Gasteiger partial charge is 0.338 e. The van der Waals surface area contributed by atoms with E-state index < -0.39 is 18.0 Å². The highest BCUT2D eigenvalue weighted by molar-refractivity contribution is 5.98. The normalized spacial score (nSPS) is 14.0. The average molecular weight is 365 g/mol. The lowest BCUT2D eigenvalue weighted by molar-refractivity contribution is -0.123. The summed E-state index contributed by atoms with van der Waals surface area (Å²) in [7, 11) is 0. The van der Waals surface area contributed by atoms with Gasteiger partial charge in [-0.15, -0.1) is 0 Å². The maximum Gasteiger partial charge on any atom is 0.338 e. The highest BCUT2D eigenvalue weighted by atomic mass is 16.5. The van der Waals surface area contributed by atoms with E-state index in [0.29, 0.717) is 16.8 Å². The Bertz CT molecular complexity index is 870. The zero-order chi connectivity index (χ0) is 19.4. The minimum Gasteiger partial charge on any atom is -0.449 e. The van der Waals surface area contributed by atoms with Gasteiger partial charge in [0.1, 0.15) is 0 Å². The molecular formula is C22H23NO4. The van der Waals surface area contributed by atoms with Gasteiger partial charge < -0.3 is 10.1 Å². The summed E-state index contributed by atoms with van der Waals surface area (Å²) in [5, 5.41) is 2.69. The van der Waals surface area contributed by atoms with Gasteiger partial charge in [0.05, 0.1) is 5.56 Å². The van der Waals surface area contributed by atoms with Gasteiger partial charge in [0, 0.05) is 11.3 Å². The van der Waals surface area contributed by atoms with Crippen LogP contribution >= 0.6 is 0 Å². The number of aryl methyl sites for hydroxylation is 2. The van der Waals surface area contributed by atoms with Crippen LogP contribution in [0.4, 0.5) is 5.69 Å². The van der Waals surface area contributed by atoms with E-state index in [2.05, 4.69) is 5.32 Å². The molecule has 1 aliphatic carbocycles. The van der Waals surface area contributed by atoms with E-state index in [1.165, 1.54) is 31.4 Å². The third-order valence-electron chi connectivity index (χ3n) is 4.80. The molecule has 5 nitrogen and oxygen atoms in total. The summed E-state index contributed by atoms with van der Waals surface area (Å²) in [5.41, 5.74) is 4.07. The van der Waals surface area contributed by atoms with Crippen LogP contribution in [-0.4, -0.2) is 23.8 Å². The first-order valence-electron chi connectivity index (χ1n) is 9.18. The summed E-state index contributed by atoms with van der Waals surface area (Å²) in [6.45, 7) is 3.02. The molecule has 0 aromatic heterocycles. The monoisotopic (exact) mass is 365 g/mol. The minimum atomic E-state index is -0.930. The minimum absolute atomic E-state index is 0.0415. The lowest BCUT2D eigenvalue weighted by Crippen LogP contribution is -2.30. The van der Waals surface area contributed by atoms with E-state index >= 15 is 0 Å². The molecule has 2 aromatic carbocycles. The number of carbonyl (C=O) groups excluding carboxylic acids is 3. The standard InChI is InChI=1S/C22H23NO4/c1-14(24)16-9-11-20(12-10-16)23-21(25)15(2)27-22(26)19-8-7-17-5-3-4-6-18(17)13-19/h7-13,15H,3-6H2,1-2H3,(H,23,25)/t15-/m0/s1. The third kappa shape index (κ3) is 4.61. The van der Waals surface area contributed by atoms with Crippen LogP contribution in [0.5, 0.6) is 0 Å². The Kier molecular flexibility index (Phi) is 5.69. The summed E-state index contributed by atoms with van der Waals surface area (Å²) in [6.07, 6.45) is 3.41. The fourth-order valence-corrected chi connectivity index (χ4v) is 3.17. The zero-order valence-electron chi connectivity index (χ0n) is 15.6. The molecule has 0 saturated carbocycles. The quantitative estimate of drug-likeness (QED) is 0.643. The predicted octanol–water partition coefficient (Wildman–Crippen LogP) is 3.95. The van der Waals surface area contributed by atoms with E-state index in [1.807, 2.05) is 12.1 Å². The fourth-order valence-electron chi connectivity index (χ4n) is 3.17. The molecule has 0 heterocycles. The molecule has 0 unspecified atom stereocenters. The number of carbonyl (C=O) groups is 3. The van der Waals surface area contributed by atoms with E-state index in [4.69, 9.17) is 4.74 Å². The van der Waals surface area contributed by atoms with Crippen molar-refractivity contribution in [2.45, 2.75) is 45.6 Å². The van der Waals surface area contributed by atoms with Gasteiger partial charge in [-0.25, -0.2) is 4.79 Å². The number of ketones is 1. The fraction of sp³-hybridized carbons (Fsp3) is 0.318. The first kappa shape index (κ1) is 18.8. The van der Waals surface area contributed by atoms with Crippen molar-refractivity contribution in [1.82, 2.24) is 0 Å². The molecular weight excluding hydrogens is 342 g/mol. The highest BCUT2D eigenvalue weighted by Crippen LogP contribution is 2.22. The molecule has 0 radical (unpaired) electrons. The van der Waals surface area contributed by atoms with Crippen molar-refractivity contribution in [3.63, 3.8) is 0 Å². The lowest BCUT2D eigenvalue weighted by atomic mass is 9.90. The zero-order valence-corrected chi connectivity index (χ0v) is 15.6.